The predicted octanol–water partition coefficient (Wildman–Crippen LogP) is 13.0. The number of ether oxygens (including phenoxy) is 2. The van der Waals surface area contributed by atoms with E-state index in [-0.39, 0.29) is 38.6 Å². The van der Waals surface area contributed by atoms with Crippen LogP contribution in [0.15, 0.2) is 12.2 Å². The summed E-state index contributed by atoms with van der Waals surface area (Å²) in [7, 11) is -4.38. The molecule has 54 heavy (non-hydrogen) atoms. The number of unbranched alkanes of at least 4 members (excludes halogenated alkanes) is 28. The highest BCUT2D eigenvalue weighted by molar-refractivity contribution is 7.47. The third-order valence-electron chi connectivity index (χ3n) is 9.91. The molecule has 0 spiro atoms. The number of carbonyl (C=O) groups is 2. The average Bonchev–Trinajstić information content (AvgIpc) is 3.16. The number of phosphoric ester groups is 1. The fourth-order valence-corrected chi connectivity index (χ4v) is 7.30. The van der Waals surface area contributed by atoms with Crippen LogP contribution in [0, 0.1) is 0 Å². The summed E-state index contributed by atoms with van der Waals surface area (Å²) in [5.41, 5.74) is 5.35. The lowest BCUT2D eigenvalue weighted by Gasteiger charge is -2.19. The first-order valence-corrected chi connectivity index (χ1v) is 24.2. The van der Waals surface area contributed by atoms with Gasteiger partial charge in [0.1, 0.15) is 6.61 Å². The highest BCUT2D eigenvalue weighted by atomic mass is 31.2. The van der Waals surface area contributed by atoms with Crippen molar-refractivity contribution in [3.05, 3.63) is 12.2 Å². The van der Waals surface area contributed by atoms with Crippen LogP contribution in [-0.4, -0.2) is 49.3 Å². The fourth-order valence-electron chi connectivity index (χ4n) is 6.54. The molecule has 0 saturated heterocycles. The molecule has 0 aliphatic heterocycles. The van der Waals surface area contributed by atoms with Gasteiger partial charge in [-0.05, 0) is 25.7 Å². The summed E-state index contributed by atoms with van der Waals surface area (Å²) in [6.07, 6.45) is 42.6. The van der Waals surface area contributed by atoms with Crippen molar-refractivity contribution in [3.8, 4) is 0 Å². The summed E-state index contributed by atoms with van der Waals surface area (Å²) >= 11 is 0. The third-order valence-corrected chi connectivity index (χ3v) is 10.9. The van der Waals surface area contributed by atoms with Crippen LogP contribution in [0.2, 0.25) is 0 Å². The molecule has 0 radical (unpaired) electrons. The van der Waals surface area contributed by atoms with Crippen molar-refractivity contribution in [2.24, 2.45) is 5.73 Å². The Kier molecular flexibility index (Phi) is 40.4. The second-order valence-corrected chi connectivity index (χ2v) is 16.7. The summed E-state index contributed by atoms with van der Waals surface area (Å²) in [5.74, 6) is -0.873. The Labute approximate surface area is 332 Å². The number of allylic oxidation sites excluding steroid dienone is 2. The summed E-state index contributed by atoms with van der Waals surface area (Å²) in [5, 5.41) is 0. The number of rotatable bonds is 43. The summed E-state index contributed by atoms with van der Waals surface area (Å²) in [6.45, 7) is 3.73. The fraction of sp³-hybridized carbons (Fsp3) is 0.909. The molecule has 0 aliphatic rings. The zero-order chi connectivity index (χ0) is 39.6. The van der Waals surface area contributed by atoms with E-state index < -0.39 is 26.5 Å². The van der Waals surface area contributed by atoms with Gasteiger partial charge in [-0.2, -0.15) is 0 Å². The predicted molar refractivity (Wildman–Crippen MR) is 224 cm³/mol. The second kappa shape index (κ2) is 41.4. The van der Waals surface area contributed by atoms with Gasteiger partial charge < -0.3 is 20.1 Å². The topological polar surface area (TPSA) is 134 Å². The van der Waals surface area contributed by atoms with E-state index >= 15 is 0 Å². The Bertz CT molecular complexity index is 902. The number of hydrogen-bond acceptors (Lipinski definition) is 8. The van der Waals surface area contributed by atoms with Gasteiger partial charge in [0.2, 0.25) is 0 Å². The van der Waals surface area contributed by atoms with Crippen LogP contribution in [0.1, 0.15) is 226 Å². The summed E-state index contributed by atoms with van der Waals surface area (Å²) in [4.78, 5) is 34.8. The molecular formula is C44H86NO8P. The van der Waals surface area contributed by atoms with Gasteiger partial charge in [0, 0.05) is 19.4 Å². The molecule has 9 nitrogen and oxygen atoms in total. The lowest BCUT2D eigenvalue weighted by molar-refractivity contribution is -0.161. The minimum absolute atomic E-state index is 0.0517. The largest absolute Gasteiger partial charge is 0.472 e. The van der Waals surface area contributed by atoms with Gasteiger partial charge in [0.05, 0.1) is 13.2 Å². The average molecular weight is 788 g/mol. The van der Waals surface area contributed by atoms with Crippen molar-refractivity contribution in [1.29, 1.82) is 0 Å². The van der Waals surface area contributed by atoms with Gasteiger partial charge in [-0.1, -0.05) is 199 Å². The zero-order valence-corrected chi connectivity index (χ0v) is 36.1. The molecule has 0 heterocycles. The Morgan fingerprint density at radius 3 is 1.39 bits per heavy atom. The number of phosphoric acid groups is 1. The molecule has 3 N–H and O–H groups in total. The van der Waals surface area contributed by atoms with Crippen molar-refractivity contribution in [2.75, 3.05) is 26.4 Å². The van der Waals surface area contributed by atoms with Gasteiger partial charge in [-0.15, -0.1) is 0 Å². The quantitative estimate of drug-likeness (QED) is 0.0268. The number of hydrogen-bond donors (Lipinski definition) is 2. The van der Waals surface area contributed by atoms with Crippen LogP contribution in [0.25, 0.3) is 0 Å². The van der Waals surface area contributed by atoms with Gasteiger partial charge in [0.15, 0.2) is 6.10 Å². The van der Waals surface area contributed by atoms with Crippen molar-refractivity contribution in [3.63, 3.8) is 0 Å². The molecule has 1 unspecified atom stereocenters. The van der Waals surface area contributed by atoms with E-state index in [0.29, 0.717) is 6.42 Å². The molecular weight excluding hydrogens is 701 g/mol. The van der Waals surface area contributed by atoms with E-state index in [2.05, 4.69) is 19.9 Å². The maximum absolute atomic E-state index is 12.6. The molecule has 0 aromatic carbocycles. The van der Waals surface area contributed by atoms with Crippen LogP contribution >= 0.6 is 7.82 Å². The van der Waals surface area contributed by atoms with Gasteiger partial charge >= 0.3 is 19.8 Å². The molecule has 320 valence electrons. The standard InChI is InChI=1S/C44H86NO8P/c1-3-5-7-9-11-13-15-17-19-20-21-23-24-26-28-30-32-34-36-43(46)50-40-42(41-52-54(48,49)51-39-38-45)53-44(47)37-35-33-31-29-27-25-22-18-16-14-12-10-8-6-4-2/h31,33,42H,3-30,32,34-41,45H2,1-2H3,(H,48,49)/b33-31+/t42-/m1/s1. The smallest absolute Gasteiger partial charge is 0.462 e. The Balaban J connectivity index is 4.11. The van der Waals surface area contributed by atoms with Crippen LogP contribution in [0.4, 0.5) is 0 Å². The number of nitrogens with two attached hydrogens (primary N) is 1. The number of esters is 2. The molecule has 0 fully saturated rings. The highest BCUT2D eigenvalue weighted by Crippen LogP contribution is 2.43. The van der Waals surface area contributed by atoms with E-state index in [1.54, 1.807) is 0 Å². The van der Waals surface area contributed by atoms with Crippen molar-refractivity contribution in [2.45, 2.75) is 232 Å². The van der Waals surface area contributed by atoms with Gasteiger partial charge in [-0.3, -0.25) is 18.6 Å². The molecule has 2 atom stereocenters. The van der Waals surface area contributed by atoms with Crippen LogP contribution in [0.5, 0.6) is 0 Å². The first kappa shape index (κ1) is 52.8. The maximum Gasteiger partial charge on any atom is 0.472 e. The highest BCUT2D eigenvalue weighted by Gasteiger charge is 2.25. The second-order valence-electron chi connectivity index (χ2n) is 15.3. The summed E-state index contributed by atoms with van der Waals surface area (Å²) < 4.78 is 32.7. The van der Waals surface area contributed by atoms with Gasteiger partial charge in [-0.25, -0.2) is 4.57 Å². The molecule has 0 rings (SSSR count). The van der Waals surface area contributed by atoms with E-state index in [1.807, 2.05) is 6.08 Å². The SMILES string of the molecule is CCCCCCCCCCCCC/C=C/CCC(=O)O[C@H](COC(=O)CCCCCCCCCCCCCCCCCCCC)COP(=O)(O)OCCN. The lowest BCUT2D eigenvalue weighted by atomic mass is 10.0. The van der Waals surface area contributed by atoms with Crippen LogP contribution in [0.3, 0.4) is 0 Å². The molecule has 0 saturated carbocycles. The molecule has 0 aliphatic carbocycles. The molecule has 10 heteroatoms. The first-order chi connectivity index (χ1) is 26.3. The van der Waals surface area contributed by atoms with Crippen LogP contribution in [-0.2, 0) is 32.7 Å². The summed E-state index contributed by atoms with van der Waals surface area (Å²) in [6, 6.07) is 0. The monoisotopic (exact) mass is 788 g/mol. The van der Waals surface area contributed by atoms with Gasteiger partial charge in [0.25, 0.3) is 0 Å². The Morgan fingerprint density at radius 2 is 0.944 bits per heavy atom. The maximum atomic E-state index is 12.6. The first-order valence-electron chi connectivity index (χ1n) is 22.7. The molecule has 0 aromatic rings. The minimum Gasteiger partial charge on any atom is -0.462 e. The van der Waals surface area contributed by atoms with Crippen molar-refractivity contribution < 1.29 is 37.6 Å². The number of carbonyl (C=O) groups excluding carboxylic acids is 2. The molecule has 0 aromatic heterocycles. The zero-order valence-electron chi connectivity index (χ0n) is 35.2. The van der Waals surface area contributed by atoms with Crippen molar-refractivity contribution in [1.82, 2.24) is 0 Å². The van der Waals surface area contributed by atoms with E-state index in [9.17, 15) is 19.0 Å². The molecule has 0 bridgehead atoms. The van der Waals surface area contributed by atoms with E-state index in [4.69, 9.17) is 24.3 Å². The third kappa shape index (κ3) is 40.4. The lowest BCUT2D eigenvalue weighted by Crippen LogP contribution is -2.29. The van der Waals surface area contributed by atoms with E-state index in [1.165, 1.54) is 161 Å². The molecule has 0 amide bonds. The van der Waals surface area contributed by atoms with Crippen LogP contribution < -0.4 is 5.73 Å². The van der Waals surface area contributed by atoms with Crippen molar-refractivity contribution >= 4 is 19.8 Å². The Hall–Kier alpha value is -1.25. The Morgan fingerprint density at radius 1 is 0.537 bits per heavy atom. The minimum atomic E-state index is -4.38. The van der Waals surface area contributed by atoms with E-state index in [0.717, 1.165) is 32.1 Å². The normalized spacial score (nSPS) is 13.3.